The molecule has 0 saturated carbocycles. The number of nitrogens with zero attached hydrogens (tertiary/aromatic N) is 3. The lowest BCUT2D eigenvalue weighted by atomic mass is 10.1. The van der Waals surface area contributed by atoms with Gasteiger partial charge in [0.25, 0.3) is 5.91 Å². The fourth-order valence-electron chi connectivity index (χ4n) is 2.81. The van der Waals surface area contributed by atoms with E-state index in [1.54, 1.807) is 10.7 Å². The van der Waals surface area contributed by atoms with Crippen molar-refractivity contribution in [3.05, 3.63) is 70.8 Å². The number of aryl methyl sites for hydroxylation is 4. The molecule has 3 aromatic rings. The van der Waals surface area contributed by atoms with E-state index in [1.165, 1.54) is 0 Å². The van der Waals surface area contributed by atoms with E-state index in [9.17, 15) is 4.79 Å². The molecule has 0 unspecified atom stereocenters. The Balaban J connectivity index is 1.90. The number of carbonyl (C=O) groups is 1. The summed E-state index contributed by atoms with van der Waals surface area (Å²) >= 11 is 0. The fourth-order valence-corrected chi connectivity index (χ4v) is 2.81. The summed E-state index contributed by atoms with van der Waals surface area (Å²) in [6, 6.07) is 13.5. The van der Waals surface area contributed by atoms with Crippen LogP contribution in [0.4, 0.5) is 5.69 Å². The molecule has 0 bridgehead atoms. The van der Waals surface area contributed by atoms with Crippen molar-refractivity contribution in [2.24, 2.45) is 0 Å². The lowest BCUT2D eigenvalue weighted by Crippen LogP contribution is -2.15. The van der Waals surface area contributed by atoms with Crippen molar-refractivity contribution in [3.63, 3.8) is 0 Å². The number of aromatic nitrogens is 3. The van der Waals surface area contributed by atoms with E-state index in [-0.39, 0.29) is 5.91 Å². The number of anilines is 1. The first-order chi connectivity index (χ1) is 11.5. The van der Waals surface area contributed by atoms with Gasteiger partial charge in [0.05, 0.1) is 17.1 Å². The van der Waals surface area contributed by atoms with Gasteiger partial charge in [-0.2, -0.15) is 5.10 Å². The molecule has 2 aromatic heterocycles. The Kier molecular flexibility index (Phi) is 4.16. The number of hydrogen-bond donors (Lipinski definition) is 1. The summed E-state index contributed by atoms with van der Waals surface area (Å²) in [5.41, 5.74) is 5.70. The summed E-state index contributed by atoms with van der Waals surface area (Å²) in [5, 5.41) is 7.37. The van der Waals surface area contributed by atoms with Crippen LogP contribution >= 0.6 is 0 Å². The summed E-state index contributed by atoms with van der Waals surface area (Å²) in [5.74, 6) is -0.232. The van der Waals surface area contributed by atoms with Gasteiger partial charge in [-0.05, 0) is 57.5 Å². The summed E-state index contributed by atoms with van der Waals surface area (Å²) in [6.07, 6.45) is 0. The molecule has 122 valence electrons. The Morgan fingerprint density at radius 3 is 2.42 bits per heavy atom. The number of hydrogen-bond acceptors (Lipinski definition) is 3. The molecule has 2 heterocycles. The van der Waals surface area contributed by atoms with Crippen LogP contribution in [0, 0.1) is 27.7 Å². The van der Waals surface area contributed by atoms with Gasteiger partial charge < -0.3 is 5.32 Å². The number of para-hydroxylation sites is 1. The van der Waals surface area contributed by atoms with Gasteiger partial charge in [0.15, 0.2) is 5.69 Å². The Bertz CT molecular complexity index is 874. The molecule has 24 heavy (non-hydrogen) atoms. The lowest BCUT2D eigenvalue weighted by Gasteiger charge is -2.11. The molecule has 0 fully saturated rings. The predicted octanol–water partition coefficient (Wildman–Crippen LogP) is 3.75. The summed E-state index contributed by atoms with van der Waals surface area (Å²) in [7, 11) is 0. The highest BCUT2D eigenvalue weighted by atomic mass is 16.2. The Morgan fingerprint density at radius 2 is 1.75 bits per heavy atom. The third kappa shape index (κ3) is 3.06. The molecule has 1 N–H and O–H groups in total. The molecular weight excluding hydrogens is 300 g/mol. The van der Waals surface area contributed by atoms with Crippen LogP contribution in [0.25, 0.3) is 5.69 Å². The number of carbonyl (C=O) groups excluding carboxylic acids is 1. The number of benzene rings is 1. The maximum atomic E-state index is 12.6. The summed E-state index contributed by atoms with van der Waals surface area (Å²) < 4.78 is 1.77. The number of pyridine rings is 1. The topological polar surface area (TPSA) is 59.8 Å². The quantitative estimate of drug-likeness (QED) is 0.799. The zero-order valence-corrected chi connectivity index (χ0v) is 14.3. The molecule has 0 aliphatic heterocycles. The van der Waals surface area contributed by atoms with E-state index in [0.29, 0.717) is 5.69 Å². The van der Waals surface area contributed by atoms with E-state index >= 15 is 0 Å². The predicted molar refractivity (Wildman–Crippen MR) is 94.7 cm³/mol. The first-order valence-electron chi connectivity index (χ1n) is 7.84. The van der Waals surface area contributed by atoms with Crippen molar-refractivity contribution in [2.45, 2.75) is 27.7 Å². The maximum absolute atomic E-state index is 12.6. The van der Waals surface area contributed by atoms with Crippen LogP contribution in [0.1, 0.15) is 33.1 Å². The van der Waals surface area contributed by atoms with Gasteiger partial charge in [0, 0.05) is 11.4 Å². The van der Waals surface area contributed by atoms with Crippen molar-refractivity contribution in [1.82, 2.24) is 14.8 Å². The number of rotatable bonds is 3. The first kappa shape index (κ1) is 15.9. The number of amides is 1. The zero-order chi connectivity index (χ0) is 17.3. The Morgan fingerprint density at radius 1 is 1.04 bits per heavy atom. The first-order valence-corrected chi connectivity index (χ1v) is 7.84. The van der Waals surface area contributed by atoms with E-state index in [4.69, 9.17) is 0 Å². The standard InChI is InChI=1S/C19H20N4O/c1-12-10-13(2)20-15(4)18(12)21-19(24)17-11-14(3)23(22-17)16-8-6-5-7-9-16/h5-11H,1-4H3,(H,21,24). The van der Waals surface area contributed by atoms with Crippen LogP contribution in [0.3, 0.4) is 0 Å². The monoisotopic (exact) mass is 320 g/mol. The average Bonchev–Trinajstić information content (AvgIpc) is 2.93. The molecule has 0 spiro atoms. The second-order valence-electron chi connectivity index (χ2n) is 5.91. The minimum Gasteiger partial charge on any atom is -0.319 e. The molecule has 0 saturated heterocycles. The third-order valence-electron chi connectivity index (χ3n) is 3.88. The van der Waals surface area contributed by atoms with Crippen LogP contribution in [-0.4, -0.2) is 20.7 Å². The summed E-state index contributed by atoms with van der Waals surface area (Å²) in [6.45, 7) is 7.73. The van der Waals surface area contributed by atoms with Crippen molar-refractivity contribution in [2.75, 3.05) is 5.32 Å². The molecule has 5 nitrogen and oxygen atoms in total. The molecule has 0 aliphatic rings. The number of nitrogens with one attached hydrogen (secondary N) is 1. The molecule has 0 radical (unpaired) electrons. The van der Waals surface area contributed by atoms with E-state index in [1.807, 2.05) is 64.1 Å². The van der Waals surface area contributed by atoms with Gasteiger partial charge in [-0.3, -0.25) is 9.78 Å². The van der Waals surface area contributed by atoms with Gasteiger partial charge >= 0.3 is 0 Å². The van der Waals surface area contributed by atoms with Gasteiger partial charge in [0.2, 0.25) is 0 Å². The maximum Gasteiger partial charge on any atom is 0.276 e. The highest BCUT2D eigenvalue weighted by Gasteiger charge is 2.16. The van der Waals surface area contributed by atoms with Crippen LogP contribution in [-0.2, 0) is 0 Å². The van der Waals surface area contributed by atoms with Gasteiger partial charge in [0.1, 0.15) is 0 Å². The third-order valence-corrected chi connectivity index (χ3v) is 3.88. The van der Waals surface area contributed by atoms with Crippen molar-refractivity contribution >= 4 is 11.6 Å². The van der Waals surface area contributed by atoms with E-state index in [2.05, 4.69) is 15.4 Å². The largest absolute Gasteiger partial charge is 0.319 e. The van der Waals surface area contributed by atoms with Crippen LogP contribution < -0.4 is 5.32 Å². The zero-order valence-electron chi connectivity index (χ0n) is 14.3. The minimum absolute atomic E-state index is 0.232. The van der Waals surface area contributed by atoms with Crippen LogP contribution in [0.5, 0.6) is 0 Å². The van der Waals surface area contributed by atoms with Crippen molar-refractivity contribution in [3.8, 4) is 5.69 Å². The molecular formula is C19H20N4O. The normalized spacial score (nSPS) is 10.7. The van der Waals surface area contributed by atoms with Gasteiger partial charge in [-0.25, -0.2) is 4.68 Å². The van der Waals surface area contributed by atoms with Crippen LogP contribution in [0.2, 0.25) is 0 Å². The SMILES string of the molecule is Cc1cc(C)c(NC(=O)c2cc(C)n(-c3ccccc3)n2)c(C)n1. The Labute approximate surface area is 141 Å². The molecule has 0 aliphatic carbocycles. The van der Waals surface area contributed by atoms with E-state index < -0.39 is 0 Å². The highest BCUT2D eigenvalue weighted by Crippen LogP contribution is 2.20. The van der Waals surface area contributed by atoms with E-state index in [0.717, 1.165) is 34.0 Å². The highest BCUT2D eigenvalue weighted by molar-refractivity contribution is 6.03. The smallest absolute Gasteiger partial charge is 0.276 e. The van der Waals surface area contributed by atoms with Gasteiger partial charge in [-0.1, -0.05) is 18.2 Å². The molecule has 1 aromatic carbocycles. The second kappa shape index (κ2) is 6.28. The summed E-state index contributed by atoms with van der Waals surface area (Å²) in [4.78, 5) is 17.0. The average molecular weight is 320 g/mol. The molecule has 3 rings (SSSR count). The van der Waals surface area contributed by atoms with Crippen molar-refractivity contribution in [1.29, 1.82) is 0 Å². The fraction of sp³-hybridized carbons (Fsp3) is 0.211. The molecule has 5 heteroatoms. The molecule has 0 atom stereocenters. The second-order valence-corrected chi connectivity index (χ2v) is 5.91. The molecule has 1 amide bonds. The lowest BCUT2D eigenvalue weighted by molar-refractivity contribution is 0.102. The van der Waals surface area contributed by atoms with Crippen molar-refractivity contribution < 1.29 is 4.79 Å². The Hall–Kier alpha value is -2.95. The van der Waals surface area contributed by atoms with Gasteiger partial charge in [-0.15, -0.1) is 0 Å². The minimum atomic E-state index is -0.232. The van der Waals surface area contributed by atoms with Crippen LogP contribution in [0.15, 0.2) is 42.5 Å².